The standard InChI is InChI=1S/C17H26N4O3S2/c1-6-20-15-8-7-13(26(18,23)24)9-14(15)19-17(20)25-10-16(22)21(11(2)3)12(4)5/h7-9,11-12H,6,10H2,1-5H3,(H2,18,23,24). The predicted octanol–water partition coefficient (Wildman–Crippen LogP) is 2.44. The van der Waals surface area contributed by atoms with Crippen molar-refractivity contribution in [3.05, 3.63) is 18.2 Å². The summed E-state index contributed by atoms with van der Waals surface area (Å²) in [5.74, 6) is 0.335. The summed E-state index contributed by atoms with van der Waals surface area (Å²) in [6.45, 7) is 10.6. The number of aryl methyl sites for hydroxylation is 1. The molecule has 26 heavy (non-hydrogen) atoms. The number of thioether (sulfide) groups is 1. The maximum absolute atomic E-state index is 12.6. The van der Waals surface area contributed by atoms with Gasteiger partial charge in [-0.25, -0.2) is 18.5 Å². The zero-order valence-electron chi connectivity index (χ0n) is 15.8. The molecule has 1 aromatic heterocycles. The molecule has 1 aromatic carbocycles. The van der Waals surface area contributed by atoms with Gasteiger partial charge >= 0.3 is 0 Å². The van der Waals surface area contributed by atoms with Gasteiger partial charge in [0, 0.05) is 18.6 Å². The number of hydrogen-bond donors (Lipinski definition) is 1. The number of amides is 1. The average molecular weight is 399 g/mol. The molecule has 1 heterocycles. The van der Waals surface area contributed by atoms with Gasteiger partial charge in [0.05, 0.1) is 21.7 Å². The first-order valence-corrected chi connectivity index (χ1v) is 11.1. The molecule has 2 rings (SSSR count). The lowest BCUT2D eigenvalue weighted by Gasteiger charge is -2.30. The number of rotatable bonds is 7. The van der Waals surface area contributed by atoms with E-state index in [1.54, 1.807) is 6.07 Å². The fourth-order valence-corrected chi connectivity index (χ4v) is 4.53. The first kappa shape index (κ1) is 20.7. The second-order valence-electron chi connectivity index (χ2n) is 6.61. The van der Waals surface area contributed by atoms with E-state index in [2.05, 4.69) is 4.98 Å². The molecule has 9 heteroatoms. The topological polar surface area (TPSA) is 98.3 Å². The largest absolute Gasteiger partial charge is 0.337 e. The quantitative estimate of drug-likeness (QED) is 0.722. The number of sulfonamides is 1. The second kappa shape index (κ2) is 7.98. The molecule has 0 unspecified atom stereocenters. The van der Waals surface area contributed by atoms with Crippen molar-refractivity contribution in [2.24, 2.45) is 5.14 Å². The number of fused-ring (bicyclic) bond motifs is 1. The SMILES string of the molecule is CCn1c(SCC(=O)N(C(C)C)C(C)C)nc2cc(S(N)(=O)=O)ccc21. The molecule has 2 N–H and O–H groups in total. The number of nitrogens with zero attached hydrogens (tertiary/aromatic N) is 3. The molecule has 0 fully saturated rings. The van der Waals surface area contributed by atoms with Crippen LogP contribution in [0.5, 0.6) is 0 Å². The Morgan fingerprint density at radius 2 is 1.88 bits per heavy atom. The van der Waals surface area contributed by atoms with Crippen LogP contribution in [0.25, 0.3) is 11.0 Å². The summed E-state index contributed by atoms with van der Waals surface area (Å²) in [6.07, 6.45) is 0. The van der Waals surface area contributed by atoms with Crippen LogP contribution < -0.4 is 5.14 Å². The van der Waals surface area contributed by atoms with E-state index in [4.69, 9.17) is 5.14 Å². The Morgan fingerprint density at radius 1 is 1.27 bits per heavy atom. The highest BCUT2D eigenvalue weighted by Crippen LogP contribution is 2.26. The van der Waals surface area contributed by atoms with Crippen LogP contribution in [-0.4, -0.2) is 46.6 Å². The lowest BCUT2D eigenvalue weighted by molar-refractivity contribution is -0.131. The predicted molar refractivity (Wildman–Crippen MR) is 105 cm³/mol. The van der Waals surface area contributed by atoms with Gasteiger partial charge in [-0.3, -0.25) is 4.79 Å². The van der Waals surface area contributed by atoms with E-state index in [9.17, 15) is 13.2 Å². The van der Waals surface area contributed by atoms with Crippen molar-refractivity contribution in [2.45, 2.75) is 63.3 Å². The Bertz CT molecular complexity index is 896. The smallest absolute Gasteiger partial charge is 0.238 e. The van der Waals surface area contributed by atoms with Crippen LogP contribution in [0.15, 0.2) is 28.3 Å². The third kappa shape index (κ3) is 4.39. The molecule has 0 aliphatic heterocycles. The number of hydrogen-bond acceptors (Lipinski definition) is 5. The average Bonchev–Trinajstić information content (AvgIpc) is 2.87. The normalized spacial score (nSPS) is 12.3. The molecule has 0 saturated carbocycles. The van der Waals surface area contributed by atoms with E-state index < -0.39 is 10.0 Å². The molecule has 0 aliphatic carbocycles. The molecule has 0 saturated heterocycles. The molecule has 0 atom stereocenters. The van der Waals surface area contributed by atoms with Crippen molar-refractivity contribution < 1.29 is 13.2 Å². The number of carbonyl (C=O) groups excluding carboxylic acids is 1. The third-order valence-electron chi connectivity index (χ3n) is 4.05. The summed E-state index contributed by atoms with van der Waals surface area (Å²) in [5.41, 5.74) is 1.37. The van der Waals surface area contributed by atoms with Crippen molar-refractivity contribution >= 4 is 38.7 Å². The van der Waals surface area contributed by atoms with Gasteiger partial charge in [0.1, 0.15) is 0 Å². The number of aromatic nitrogens is 2. The number of nitrogens with two attached hydrogens (primary N) is 1. The van der Waals surface area contributed by atoms with Crippen LogP contribution in [0.1, 0.15) is 34.6 Å². The minimum Gasteiger partial charge on any atom is -0.337 e. The zero-order chi connectivity index (χ0) is 19.6. The van der Waals surface area contributed by atoms with Crippen molar-refractivity contribution in [3.8, 4) is 0 Å². The minimum absolute atomic E-state index is 0.0316. The monoisotopic (exact) mass is 398 g/mol. The molecule has 0 spiro atoms. The van der Waals surface area contributed by atoms with E-state index in [1.165, 1.54) is 23.9 Å². The second-order valence-corrected chi connectivity index (χ2v) is 9.12. The van der Waals surface area contributed by atoms with Gasteiger partial charge in [-0.05, 0) is 52.8 Å². The third-order valence-corrected chi connectivity index (χ3v) is 5.93. The fourth-order valence-electron chi connectivity index (χ4n) is 3.05. The molecule has 0 bridgehead atoms. The highest BCUT2D eigenvalue weighted by molar-refractivity contribution is 7.99. The van der Waals surface area contributed by atoms with Crippen molar-refractivity contribution in [1.29, 1.82) is 0 Å². The van der Waals surface area contributed by atoms with Crippen molar-refractivity contribution in [2.75, 3.05) is 5.75 Å². The molecular weight excluding hydrogens is 372 g/mol. The van der Waals surface area contributed by atoms with Crippen LogP contribution >= 0.6 is 11.8 Å². The molecule has 1 amide bonds. The van der Waals surface area contributed by atoms with Crippen LogP contribution in [0.2, 0.25) is 0 Å². The Balaban J connectivity index is 2.30. The van der Waals surface area contributed by atoms with E-state index in [1.807, 2.05) is 44.1 Å². The van der Waals surface area contributed by atoms with Gasteiger partial charge in [-0.1, -0.05) is 11.8 Å². The van der Waals surface area contributed by atoms with Crippen molar-refractivity contribution in [1.82, 2.24) is 14.5 Å². The molecule has 0 aliphatic rings. The molecular formula is C17H26N4O3S2. The number of primary sulfonamides is 1. The Labute approximate surface area is 159 Å². The van der Waals surface area contributed by atoms with Crippen LogP contribution in [-0.2, 0) is 21.4 Å². The molecule has 144 valence electrons. The summed E-state index contributed by atoms with van der Waals surface area (Å²) in [4.78, 5) is 19.0. The van der Waals surface area contributed by atoms with Crippen LogP contribution in [0, 0.1) is 0 Å². The maximum Gasteiger partial charge on any atom is 0.238 e. The molecule has 7 nitrogen and oxygen atoms in total. The Hall–Kier alpha value is -1.58. The van der Waals surface area contributed by atoms with E-state index in [-0.39, 0.29) is 28.6 Å². The zero-order valence-corrected chi connectivity index (χ0v) is 17.4. The highest BCUT2D eigenvalue weighted by atomic mass is 32.2. The summed E-state index contributed by atoms with van der Waals surface area (Å²) in [5, 5.41) is 5.89. The van der Waals surface area contributed by atoms with Gasteiger partial charge in [0.2, 0.25) is 15.9 Å². The van der Waals surface area contributed by atoms with Gasteiger partial charge in [0.25, 0.3) is 0 Å². The molecule has 0 radical (unpaired) electrons. The molecule has 2 aromatic rings. The number of benzene rings is 1. The van der Waals surface area contributed by atoms with Crippen molar-refractivity contribution in [3.63, 3.8) is 0 Å². The van der Waals surface area contributed by atoms with Gasteiger partial charge in [-0.2, -0.15) is 0 Å². The number of carbonyl (C=O) groups is 1. The van der Waals surface area contributed by atoms with Gasteiger partial charge in [-0.15, -0.1) is 0 Å². The fraction of sp³-hybridized carbons (Fsp3) is 0.529. The van der Waals surface area contributed by atoms with Gasteiger partial charge < -0.3 is 9.47 Å². The van der Waals surface area contributed by atoms with E-state index >= 15 is 0 Å². The van der Waals surface area contributed by atoms with Crippen LogP contribution in [0.4, 0.5) is 0 Å². The summed E-state index contributed by atoms with van der Waals surface area (Å²) < 4.78 is 25.1. The lowest BCUT2D eigenvalue weighted by atomic mass is 10.2. The minimum atomic E-state index is -3.78. The Kier molecular flexibility index (Phi) is 6.36. The summed E-state index contributed by atoms with van der Waals surface area (Å²) in [7, 11) is -3.78. The number of imidazole rings is 1. The Morgan fingerprint density at radius 3 is 2.38 bits per heavy atom. The van der Waals surface area contributed by atoms with E-state index in [0.717, 1.165) is 5.52 Å². The first-order valence-electron chi connectivity index (χ1n) is 8.53. The maximum atomic E-state index is 12.6. The van der Waals surface area contributed by atoms with E-state index in [0.29, 0.717) is 17.2 Å². The lowest BCUT2D eigenvalue weighted by Crippen LogP contribution is -2.43. The first-order chi connectivity index (χ1) is 12.1. The van der Waals surface area contributed by atoms with Gasteiger partial charge in [0.15, 0.2) is 5.16 Å². The van der Waals surface area contributed by atoms with Crippen LogP contribution in [0.3, 0.4) is 0 Å². The highest BCUT2D eigenvalue weighted by Gasteiger charge is 2.21. The summed E-state index contributed by atoms with van der Waals surface area (Å²) >= 11 is 1.36. The summed E-state index contributed by atoms with van der Waals surface area (Å²) in [6, 6.07) is 4.91.